The molecular weight excluding hydrogens is 272 g/mol. The van der Waals surface area contributed by atoms with E-state index in [2.05, 4.69) is 15.9 Å². The smallest absolute Gasteiger partial charge is 0.339 e. The van der Waals surface area contributed by atoms with Gasteiger partial charge >= 0.3 is 5.97 Å². The summed E-state index contributed by atoms with van der Waals surface area (Å²) in [6, 6.07) is 3.75. The standard InChI is InChI=1S/C12H15BrO3/c1-4-16-12(15)11(14)10-7(2)5-6-9(13)8(10)3/h5-6,11,14H,4H2,1-3H3. The number of rotatable bonds is 3. The number of aliphatic hydroxyl groups is 1. The van der Waals surface area contributed by atoms with Crippen LogP contribution in [0.15, 0.2) is 16.6 Å². The Balaban J connectivity index is 3.12. The number of halogens is 1. The van der Waals surface area contributed by atoms with Gasteiger partial charge in [0.15, 0.2) is 6.10 Å². The van der Waals surface area contributed by atoms with E-state index in [1.165, 1.54) is 0 Å². The molecule has 0 radical (unpaired) electrons. The van der Waals surface area contributed by atoms with Gasteiger partial charge in [-0.2, -0.15) is 0 Å². The van der Waals surface area contributed by atoms with Gasteiger partial charge in [0.25, 0.3) is 0 Å². The Morgan fingerprint density at radius 2 is 2.12 bits per heavy atom. The van der Waals surface area contributed by atoms with Crippen molar-refractivity contribution in [3.8, 4) is 0 Å². The van der Waals surface area contributed by atoms with Gasteiger partial charge in [0.1, 0.15) is 0 Å². The van der Waals surface area contributed by atoms with Crippen molar-refractivity contribution in [2.24, 2.45) is 0 Å². The summed E-state index contributed by atoms with van der Waals surface area (Å²) >= 11 is 3.37. The van der Waals surface area contributed by atoms with Crippen LogP contribution in [0.2, 0.25) is 0 Å². The van der Waals surface area contributed by atoms with Crippen molar-refractivity contribution in [1.82, 2.24) is 0 Å². The van der Waals surface area contributed by atoms with E-state index in [4.69, 9.17) is 4.74 Å². The Kier molecular flexibility index (Phi) is 4.50. The lowest BCUT2D eigenvalue weighted by molar-refractivity contribution is -0.153. The first-order valence-corrected chi connectivity index (χ1v) is 5.88. The molecule has 1 N–H and O–H groups in total. The minimum atomic E-state index is -1.21. The van der Waals surface area contributed by atoms with Gasteiger partial charge < -0.3 is 9.84 Å². The summed E-state index contributed by atoms with van der Waals surface area (Å²) in [7, 11) is 0. The van der Waals surface area contributed by atoms with Crippen molar-refractivity contribution in [2.45, 2.75) is 26.9 Å². The largest absolute Gasteiger partial charge is 0.464 e. The maximum absolute atomic E-state index is 11.5. The van der Waals surface area contributed by atoms with Crippen molar-refractivity contribution >= 4 is 21.9 Å². The maximum Gasteiger partial charge on any atom is 0.339 e. The summed E-state index contributed by atoms with van der Waals surface area (Å²) < 4.78 is 5.68. The quantitative estimate of drug-likeness (QED) is 0.869. The molecule has 4 heteroatoms. The van der Waals surface area contributed by atoms with Crippen LogP contribution in [0.1, 0.15) is 29.7 Å². The molecule has 0 amide bonds. The van der Waals surface area contributed by atoms with Gasteiger partial charge in [0.2, 0.25) is 0 Å². The Morgan fingerprint density at radius 3 is 2.69 bits per heavy atom. The van der Waals surface area contributed by atoms with Crippen molar-refractivity contribution in [1.29, 1.82) is 0 Å². The second kappa shape index (κ2) is 5.46. The summed E-state index contributed by atoms with van der Waals surface area (Å²) in [6.45, 7) is 5.69. The zero-order valence-electron chi connectivity index (χ0n) is 9.58. The van der Waals surface area contributed by atoms with E-state index in [1.807, 2.05) is 26.0 Å². The molecule has 16 heavy (non-hydrogen) atoms. The molecule has 0 aliphatic carbocycles. The van der Waals surface area contributed by atoms with Crippen LogP contribution >= 0.6 is 15.9 Å². The Labute approximate surface area is 104 Å². The molecule has 1 unspecified atom stereocenters. The number of aliphatic hydroxyl groups excluding tert-OH is 1. The number of carbonyl (C=O) groups is 1. The molecule has 0 fully saturated rings. The summed E-state index contributed by atoms with van der Waals surface area (Å²) in [5.74, 6) is -0.605. The zero-order valence-corrected chi connectivity index (χ0v) is 11.2. The second-order valence-corrected chi connectivity index (χ2v) is 4.41. The second-order valence-electron chi connectivity index (χ2n) is 3.56. The molecule has 1 atom stereocenters. The highest BCUT2D eigenvalue weighted by molar-refractivity contribution is 9.10. The molecule has 88 valence electrons. The van der Waals surface area contributed by atoms with Crippen LogP contribution in [0.5, 0.6) is 0 Å². The topological polar surface area (TPSA) is 46.5 Å². The van der Waals surface area contributed by atoms with Crippen molar-refractivity contribution in [3.63, 3.8) is 0 Å². The summed E-state index contributed by atoms with van der Waals surface area (Å²) in [5, 5.41) is 9.91. The van der Waals surface area contributed by atoms with Gasteiger partial charge in [0, 0.05) is 4.47 Å². The van der Waals surface area contributed by atoms with Crippen LogP contribution in [0.25, 0.3) is 0 Å². The average Bonchev–Trinajstić information content (AvgIpc) is 2.24. The molecule has 0 saturated heterocycles. The Hall–Kier alpha value is -0.870. The van der Waals surface area contributed by atoms with Gasteiger partial charge in [-0.15, -0.1) is 0 Å². The molecule has 0 aliphatic rings. The molecule has 1 rings (SSSR count). The predicted molar refractivity (Wildman–Crippen MR) is 65.2 cm³/mol. The molecule has 0 heterocycles. The normalized spacial score (nSPS) is 12.3. The number of benzene rings is 1. The summed E-state index contributed by atoms with van der Waals surface area (Å²) in [5.41, 5.74) is 2.36. The molecule has 1 aromatic rings. The molecule has 0 saturated carbocycles. The number of aryl methyl sites for hydroxylation is 1. The fourth-order valence-electron chi connectivity index (χ4n) is 1.60. The first-order chi connectivity index (χ1) is 7.49. The lowest BCUT2D eigenvalue weighted by atomic mass is 9.98. The monoisotopic (exact) mass is 286 g/mol. The van der Waals surface area contributed by atoms with Crippen LogP contribution in [0, 0.1) is 13.8 Å². The first kappa shape index (κ1) is 13.2. The van der Waals surface area contributed by atoms with E-state index in [0.29, 0.717) is 5.56 Å². The Bertz CT molecular complexity index is 401. The van der Waals surface area contributed by atoms with Crippen molar-refractivity contribution in [3.05, 3.63) is 33.3 Å². The lowest BCUT2D eigenvalue weighted by Gasteiger charge is -2.16. The van der Waals surface area contributed by atoms with Gasteiger partial charge in [0.05, 0.1) is 6.61 Å². The molecule has 0 aliphatic heterocycles. The van der Waals surface area contributed by atoms with E-state index in [-0.39, 0.29) is 6.61 Å². The number of hydrogen-bond donors (Lipinski definition) is 1. The number of esters is 1. The molecule has 3 nitrogen and oxygen atoms in total. The van der Waals surface area contributed by atoms with Crippen LogP contribution in [-0.4, -0.2) is 17.7 Å². The van der Waals surface area contributed by atoms with Crippen LogP contribution in [0.4, 0.5) is 0 Å². The highest BCUT2D eigenvalue weighted by Crippen LogP contribution is 2.28. The third kappa shape index (κ3) is 2.62. The zero-order chi connectivity index (χ0) is 12.3. The molecule has 0 spiro atoms. The summed E-state index contributed by atoms with van der Waals surface area (Å²) in [6.07, 6.45) is -1.21. The maximum atomic E-state index is 11.5. The van der Waals surface area contributed by atoms with Crippen LogP contribution < -0.4 is 0 Å². The van der Waals surface area contributed by atoms with Crippen molar-refractivity contribution in [2.75, 3.05) is 6.61 Å². The van der Waals surface area contributed by atoms with Gasteiger partial charge in [-0.3, -0.25) is 0 Å². The predicted octanol–water partition coefficient (Wildman–Crippen LogP) is 2.66. The molecule has 1 aromatic carbocycles. The van der Waals surface area contributed by atoms with Crippen LogP contribution in [-0.2, 0) is 9.53 Å². The van der Waals surface area contributed by atoms with E-state index < -0.39 is 12.1 Å². The van der Waals surface area contributed by atoms with Gasteiger partial charge in [-0.1, -0.05) is 22.0 Å². The van der Waals surface area contributed by atoms with Crippen molar-refractivity contribution < 1.29 is 14.6 Å². The average molecular weight is 287 g/mol. The highest BCUT2D eigenvalue weighted by Gasteiger charge is 2.23. The fraction of sp³-hybridized carbons (Fsp3) is 0.417. The van der Waals surface area contributed by atoms with Crippen LogP contribution in [0.3, 0.4) is 0 Å². The number of hydrogen-bond acceptors (Lipinski definition) is 3. The highest BCUT2D eigenvalue weighted by atomic mass is 79.9. The SMILES string of the molecule is CCOC(=O)C(O)c1c(C)ccc(Br)c1C. The summed E-state index contributed by atoms with van der Waals surface area (Å²) in [4.78, 5) is 11.5. The third-order valence-corrected chi connectivity index (χ3v) is 3.31. The van der Waals surface area contributed by atoms with E-state index >= 15 is 0 Å². The van der Waals surface area contributed by atoms with Gasteiger partial charge in [-0.05, 0) is 43.5 Å². The fourth-order valence-corrected chi connectivity index (χ4v) is 1.94. The van der Waals surface area contributed by atoms with E-state index in [1.54, 1.807) is 6.92 Å². The lowest BCUT2D eigenvalue weighted by Crippen LogP contribution is -2.17. The van der Waals surface area contributed by atoms with Gasteiger partial charge in [-0.25, -0.2) is 4.79 Å². The third-order valence-electron chi connectivity index (χ3n) is 2.45. The Morgan fingerprint density at radius 1 is 1.50 bits per heavy atom. The molecule has 0 bridgehead atoms. The van der Waals surface area contributed by atoms with E-state index in [0.717, 1.165) is 15.6 Å². The molecule has 0 aromatic heterocycles. The minimum absolute atomic E-state index is 0.266. The number of ether oxygens (including phenoxy) is 1. The molecular formula is C12H15BrO3. The number of carbonyl (C=O) groups excluding carboxylic acids is 1. The van der Waals surface area contributed by atoms with E-state index in [9.17, 15) is 9.90 Å². The minimum Gasteiger partial charge on any atom is -0.464 e. The first-order valence-electron chi connectivity index (χ1n) is 5.09.